The van der Waals surface area contributed by atoms with Crippen molar-refractivity contribution in [3.63, 3.8) is 0 Å². The smallest absolute Gasteiger partial charge is 0.434 e. The van der Waals surface area contributed by atoms with E-state index >= 15 is 0 Å². The van der Waals surface area contributed by atoms with Crippen LogP contribution >= 0.6 is 0 Å². The van der Waals surface area contributed by atoms with Crippen molar-refractivity contribution >= 4 is 6.16 Å². The number of unbranched alkanes of at least 4 members (excludes halogenated alkanes) is 1. The van der Waals surface area contributed by atoms with E-state index in [1.807, 2.05) is 20.8 Å². The Morgan fingerprint density at radius 3 is 2.37 bits per heavy atom. The van der Waals surface area contributed by atoms with E-state index in [4.69, 9.17) is 9.47 Å². The van der Waals surface area contributed by atoms with Crippen molar-refractivity contribution in [2.75, 3.05) is 6.61 Å². The normalized spacial score (nSPS) is 13.7. The van der Waals surface area contributed by atoms with Crippen molar-refractivity contribution in [1.29, 1.82) is 0 Å². The van der Waals surface area contributed by atoms with Crippen molar-refractivity contribution in [2.45, 2.75) is 59.2 Å². The summed E-state index contributed by atoms with van der Waals surface area (Å²) >= 11 is 0. The maximum absolute atomic E-state index is 11.2. The van der Waals surface area contributed by atoms with E-state index in [9.17, 15) is 14.9 Å². The Balaban J connectivity index is 3.54. The van der Waals surface area contributed by atoms with Gasteiger partial charge in [0, 0.05) is 0 Å². The molecule has 0 N–H and O–H groups in total. The largest absolute Gasteiger partial charge is 0.508 e. The third-order valence-electron chi connectivity index (χ3n) is 2.71. The van der Waals surface area contributed by atoms with Gasteiger partial charge in [-0.25, -0.2) is 4.79 Å². The molecular formula is C12H23NO6. The molecule has 7 heteroatoms. The summed E-state index contributed by atoms with van der Waals surface area (Å²) in [7, 11) is 0. The molecule has 7 nitrogen and oxygen atoms in total. The lowest BCUT2D eigenvalue weighted by Gasteiger charge is -2.16. The molecule has 2 atom stereocenters. The van der Waals surface area contributed by atoms with Gasteiger partial charge in [0.15, 0.2) is 0 Å². The number of carbonyl (C=O) groups is 1. The SMILES string of the molecule is CC(C)C(C)OC(=O)OCCCC[C@H](C)O[N+](=O)[O-]. The lowest BCUT2D eigenvalue weighted by Crippen LogP contribution is -2.21. The van der Waals surface area contributed by atoms with Crippen LogP contribution in [-0.4, -0.2) is 30.1 Å². The number of ether oxygens (including phenoxy) is 2. The number of nitrogens with zero attached hydrogens (tertiary/aromatic N) is 1. The van der Waals surface area contributed by atoms with Gasteiger partial charge in [0.25, 0.3) is 5.09 Å². The Bertz CT molecular complexity index is 281. The van der Waals surface area contributed by atoms with E-state index < -0.39 is 17.3 Å². The van der Waals surface area contributed by atoms with Gasteiger partial charge in [-0.05, 0) is 39.0 Å². The fourth-order valence-electron chi connectivity index (χ4n) is 1.21. The first-order chi connectivity index (χ1) is 8.82. The lowest BCUT2D eigenvalue weighted by atomic mass is 10.1. The van der Waals surface area contributed by atoms with Gasteiger partial charge in [-0.1, -0.05) is 13.8 Å². The highest BCUT2D eigenvalue weighted by atomic mass is 17.0. The molecule has 0 spiro atoms. The Labute approximate surface area is 113 Å². The molecule has 0 fully saturated rings. The molecule has 112 valence electrons. The number of carbonyl (C=O) groups excluding carboxylic acids is 1. The van der Waals surface area contributed by atoms with Crippen molar-refractivity contribution in [3.05, 3.63) is 10.1 Å². The first kappa shape index (κ1) is 17.5. The highest BCUT2D eigenvalue weighted by Gasteiger charge is 2.13. The zero-order valence-corrected chi connectivity index (χ0v) is 12.0. The van der Waals surface area contributed by atoms with Gasteiger partial charge in [0.1, 0.15) is 12.2 Å². The fourth-order valence-corrected chi connectivity index (χ4v) is 1.21. The average Bonchev–Trinajstić information content (AvgIpc) is 2.27. The zero-order chi connectivity index (χ0) is 14.8. The Hall–Kier alpha value is -1.53. The van der Waals surface area contributed by atoms with Gasteiger partial charge in [0.05, 0.1) is 6.61 Å². The Morgan fingerprint density at radius 2 is 1.84 bits per heavy atom. The molecule has 0 aliphatic heterocycles. The van der Waals surface area contributed by atoms with Crippen molar-refractivity contribution in [2.24, 2.45) is 5.92 Å². The quantitative estimate of drug-likeness (QED) is 0.278. The van der Waals surface area contributed by atoms with Crippen LogP contribution in [0.1, 0.15) is 47.0 Å². The summed E-state index contributed by atoms with van der Waals surface area (Å²) in [5.41, 5.74) is 0. The number of rotatable bonds is 9. The minimum atomic E-state index is -0.800. The molecule has 0 saturated carbocycles. The molecule has 0 aliphatic rings. The first-order valence-electron chi connectivity index (χ1n) is 6.47. The first-order valence-corrected chi connectivity index (χ1v) is 6.47. The van der Waals surface area contributed by atoms with Crippen molar-refractivity contribution < 1.29 is 24.2 Å². The topological polar surface area (TPSA) is 87.9 Å². The van der Waals surface area contributed by atoms with Gasteiger partial charge in [0.2, 0.25) is 0 Å². The van der Waals surface area contributed by atoms with Gasteiger partial charge in [-0.3, -0.25) is 0 Å². The Morgan fingerprint density at radius 1 is 1.21 bits per heavy atom. The van der Waals surface area contributed by atoms with Crippen LogP contribution in [-0.2, 0) is 14.3 Å². The fraction of sp³-hybridized carbons (Fsp3) is 0.917. The molecule has 0 aromatic heterocycles. The molecule has 0 radical (unpaired) electrons. The summed E-state index contributed by atoms with van der Waals surface area (Å²) < 4.78 is 9.91. The molecule has 1 unspecified atom stereocenters. The van der Waals surface area contributed by atoms with Crippen LogP contribution in [0.25, 0.3) is 0 Å². The predicted molar refractivity (Wildman–Crippen MR) is 68.1 cm³/mol. The van der Waals surface area contributed by atoms with E-state index in [2.05, 4.69) is 4.84 Å². The molecule has 0 saturated heterocycles. The summed E-state index contributed by atoms with van der Waals surface area (Å²) in [4.78, 5) is 25.6. The number of hydrogen-bond donors (Lipinski definition) is 0. The summed E-state index contributed by atoms with van der Waals surface area (Å²) in [6.07, 6.45) is 0.556. The minimum absolute atomic E-state index is 0.180. The third kappa shape index (κ3) is 10.1. The molecule has 0 rings (SSSR count). The molecule has 0 heterocycles. The standard InChI is InChI=1S/C12H23NO6/c1-9(2)11(4)18-12(14)17-8-6-5-7-10(3)19-13(15)16/h9-11H,5-8H2,1-4H3/t10-,11?/m0/s1. The second kappa shape index (κ2) is 9.41. The monoisotopic (exact) mass is 277 g/mol. The Kier molecular flexibility index (Phi) is 8.65. The molecule has 0 amide bonds. The van der Waals surface area contributed by atoms with Crippen LogP contribution in [0.15, 0.2) is 0 Å². The maximum atomic E-state index is 11.2. The van der Waals surface area contributed by atoms with Crippen molar-refractivity contribution in [3.8, 4) is 0 Å². The van der Waals surface area contributed by atoms with Crippen molar-refractivity contribution in [1.82, 2.24) is 0 Å². The van der Waals surface area contributed by atoms with Crippen LogP contribution in [0.2, 0.25) is 0 Å². The average molecular weight is 277 g/mol. The highest BCUT2D eigenvalue weighted by Crippen LogP contribution is 2.08. The summed E-state index contributed by atoms with van der Waals surface area (Å²) in [6.45, 7) is 7.59. The van der Waals surface area contributed by atoms with E-state index in [1.165, 1.54) is 0 Å². The van der Waals surface area contributed by atoms with Crippen LogP contribution in [0.5, 0.6) is 0 Å². The second-order valence-corrected chi connectivity index (χ2v) is 4.80. The maximum Gasteiger partial charge on any atom is 0.508 e. The highest BCUT2D eigenvalue weighted by molar-refractivity contribution is 5.60. The van der Waals surface area contributed by atoms with E-state index in [1.54, 1.807) is 6.92 Å². The zero-order valence-electron chi connectivity index (χ0n) is 12.0. The predicted octanol–water partition coefficient (Wildman–Crippen LogP) is 2.95. The van der Waals surface area contributed by atoms with E-state index in [0.717, 1.165) is 0 Å². The molecule has 0 bridgehead atoms. The van der Waals surface area contributed by atoms with Gasteiger partial charge in [-0.15, -0.1) is 10.1 Å². The lowest BCUT2D eigenvalue weighted by molar-refractivity contribution is -0.767. The van der Waals surface area contributed by atoms with Gasteiger partial charge < -0.3 is 14.3 Å². The molecule has 0 aliphatic carbocycles. The number of hydrogen-bond acceptors (Lipinski definition) is 6. The van der Waals surface area contributed by atoms with Crippen LogP contribution in [0, 0.1) is 16.0 Å². The molecule has 0 aromatic carbocycles. The summed E-state index contributed by atoms with van der Waals surface area (Å²) in [5, 5.41) is 9.24. The minimum Gasteiger partial charge on any atom is -0.434 e. The molecule has 0 aromatic rings. The van der Waals surface area contributed by atoms with Gasteiger partial charge >= 0.3 is 6.16 Å². The van der Waals surface area contributed by atoms with Crippen LogP contribution in [0.4, 0.5) is 4.79 Å². The second-order valence-electron chi connectivity index (χ2n) is 4.80. The summed E-state index contributed by atoms with van der Waals surface area (Å²) in [5.74, 6) is 0.243. The summed E-state index contributed by atoms with van der Waals surface area (Å²) in [6, 6.07) is 0. The molecule has 19 heavy (non-hydrogen) atoms. The van der Waals surface area contributed by atoms with Crippen LogP contribution < -0.4 is 0 Å². The van der Waals surface area contributed by atoms with Crippen LogP contribution in [0.3, 0.4) is 0 Å². The third-order valence-corrected chi connectivity index (χ3v) is 2.71. The van der Waals surface area contributed by atoms with Gasteiger partial charge in [-0.2, -0.15) is 0 Å². The molecular weight excluding hydrogens is 254 g/mol. The van der Waals surface area contributed by atoms with E-state index in [-0.39, 0.29) is 18.6 Å². The van der Waals surface area contributed by atoms with E-state index in [0.29, 0.717) is 19.3 Å².